The van der Waals surface area contributed by atoms with Crippen LogP contribution in [0, 0.1) is 0 Å². The molecule has 0 unspecified atom stereocenters. The number of carbonyl (C=O) groups is 1. The van der Waals surface area contributed by atoms with Crippen LogP contribution in [0.1, 0.15) is 5.56 Å². The lowest BCUT2D eigenvalue weighted by Gasteiger charge is -2.26. The van der Waals surface area contributed by atoms with E-state index in [0.717, 1.165) is 31.7 Å². The summed E-state index contributed by atoms with van der Waals surface area (Å²) in [7, 11) is 4.75. The predicted molar refractivity (Wildman–Crippen MR) is 102 cm³/mol. The first-order valence-electron chi connectivity index (χ1n) is 7.66. The molecule has 1 amide bonds. The second kappa shape index (κ2) is 12.0. The topological polar surface area (TPSA) is 72.1 Å². The molecule has 1 aromatic carbocycles. The Morgan fingerprint density at radius 2 is 1.60 bits per heavy atom. The van der Waals surface area contributed by atoms with Gasteiger partial charge >= 0.3 is 0 Å². The number of piperazine rings is 1. The fourth-order valence-electron chi connectivity index (χ4n) is 2.55. The molecule has 144 valence electrons. The summed E-state index contributed by atoms with van der Waals surface area (Å²) in [5.41, 5.74) is 0.846. The Bertz CT molecular complexity index is 540. The van der Waals surface area contributed by atoms with E-state index in [1.165, 1.54) is 0 Å². The Kier molecular flexibility index (Phi) is 11.3. The minimum absolute atomic E-state index is 0. The van der Waals surface area contributed by atoms with Crippen LogP contribution >= 0.6 is 24.8 Å². The van der Waals surface area contributed by atoms with Crippen molar-refractivity contribution >= 4 is 30.7 Å². The summed E-state index contributed by atoms with van der Waals surface area (Å²) in [5, 5.41) is 6.20. The molecule has 1 aromatic rings. The van der Waals surface area contributed by atoms with Gasteiger partial charge < -0.3 is 24.8 Å². The summed E-state index contributed by atoms with van der Waals surface area (Å²) >= 11 is 0. The molecular formula is C16H27Cl2N3O4. The van der Waals surface area contributed by atoms with Gasteiger partial charge in [0.25, 0.3) is 0 Å². The summed E-state index contributed by atoms with van der Waals surface area (Å²) in [5.74, 6) is 1.87. The number of ether oxygens (including phenoxy) is 3. The SMILES string of the molecule is COc1cc(OC)c(OC)cc1CNC(=O)CN1CCNCC1.Cl.Cl. The van der Waals surface area contributed by atoms with Crippen molar-refractivity contribution in [3.05, 3.63) is 17.7 Å². The highest BCUT2D eigenvalue weighted by atomic mass is 35.5. The molecule has 0 aromatic heterocycles. The largest absolute Gasteiger partial charge is 0.496 e. The lowest BCUT2D eigenvalue weighted by Crippen LogP contribution is -2.47. The normalized spacial score (nSPS) is 13.9. The van der Waals surface area contributed by atoms with E-state index in [0.29, 0.717) is 30.3 Å². The second-order valence-corrected chi connectivity index (χ2v) is 5.32. The second-order valence-electron chi connectivity index (χ2n) is 5.32. The minimum Gasteiger partial charge on any atom is -0.496 e. The Morgan fingerprint density at radius 1 is 1.04 bits per heavy atom. The molecule has 2 rings (SSSR count). The third-order valence-electron chi connectivity index (χ3n) is 3.84. The number of nitrogens with one attached hydrogen (secondary N) is 2. The number of amides is 1. The van der Waals surface area contributed by atoms with Crippen LogP contribution in [0.2, 0.25) is 0 Å². The van der Waals surface area contributed by atoms with Crippen molar-refractivity contribution in [1.82, 2.24) is 15.5 Å². The smallest absolute Gasteiger partial charge is 0.234 e. The number of hydrogen-bond donors (Lipinski definition) is 2. The Balaban J connectivity index is 0.00000288. The predicted octanol–water partition coefficient (Wildman–Crippen LogP) is 1.08. The molecule has 1 heterocycles. The number of benzene rings is 1. The molecule has 1 fully saturated rings. The van der Waals surface area contributed by atoms with Crippen LogP contribution in [0.3, 0.4) is 0 Å². The number of carbonyl (C=O) groups excluding carboxylic acids is 1. The van der Waals surface area contributed by atoms with E-state index < -0.39 is 0 Å². The van der Waals surface area contributed by atoms with Crippen LogP contribution in [0.15, 0.2) is 12.1 Å². The van der Waals surface area contributed by atoms with Crippen LogP contribution in [0.5, 0.6) is 17.2 Å². The molecule has 1 aliphatic heterocycles. The van der Waals surface area contributed by atoms with Crippen LogP contribution < -0.4 is 24.8 Å². The van der Waals surface area contributed by atoms with Gasteiger partial charge in [-0.3, -0.25) is 9.69 Å². The zero-order valence-corrected chi connectivity index (χ0v) is 16.4. The van der Waals surface area contributed by atoms with Crippen molar-refractivity contribution < 1.29 is 19.0 Å². The molecule has 0 aliphatic carbocycles. The molecule has 7 nitrogen and oxygen atoms in total. The van der Waals surface area contributed by atoms with Gasteiger partial charge in [0.2, 0.25) is 5.91 Å². The van der Waals surface area contributed by atoms with Crippen LogP contribution in [0.25, 0.3) is 0 Å². The Hall–Kier alpha value is -1.41. The molecular weight excluding hydrogens is 369 g/mol. The zero-order chi connectivity index (χ0) is 16.7. The fraction of sp³-hybridized carbons (Fsp3) is 0.562. The monoisotopic (exact) mass is 395 g/mol. The standard InChI is InChI=1S/C16H25N3O4.2ClH/c1-21-13-9-15(23-3)14(22-2)8-12(13)10-18-16(20)11-19-6-4-17-5-7-19;;/h8-9,17H,4-7,10-11H2,1-3H3,(H,18,20);2*1H. The molecule has 0 radical (unpaired) electrons. The van der Waals surface area contributed by atoms with Gasteiger partial charge in [-0.1, -0.05) is 0 Å². The molecule has 1 aliphatic rings. The van der Waals surface area contributed by atoms with Gasteiger partial charge in [-0.25, -0.2) is 0 Å². The quantitative estimate of drug-likeness (QED) is 0.719. The highest BCUT2D eigenvalue weighted by Crippen LogP contribution is 2.34. The van der Waals surface area contributed by atoms with E-state index in [2.05, 4.69) is 15.5 Å². The van der Waals surface area contributed by atoms with Crippen LogP contribution in [-0.2, 0) is 11.3 Å². The number of rotatable bonds is 7. The van der Waals surface area contributed by atoms with E-state index in [1.807, 2.05) is 6.07 Å². The maximum Gasteiger partial charge on any atom is 0.234 e. The molecule has 0 bridgehead atoms. The first kappa shape index (κ1) is 23.6. The molecule has 9 heteroatoms. The average molecular weight is 396 g/mol. The zero-order valence-electron chi connectivity index (χ0n) is 14.8. The van der Waals surface area contributed by atoms with Crippen molar-refractivity contribution in [1.29, 1.82) is 0 Å². The van der Waals surface area contributed by atoms with Crippen LogP contribution in [0.4, 0.5) is 0 Å². The van der Waals surface area contributed by atoms with E-state index in [9.17, 15) is 4.79 Å². The summed E-state index contributed by atoms with van der Waals surface area (Å²) in [6.45, 7) is 4.44. The molecule has 1 saturated heterocycles. The van der Waals surface area contributed by atoms with Gasteiger partial charge in [-0.2, -0.15) is 0 Å². The third-order valence-corrected chi connectivity index (χ3v) is 3.84. The summed E-state index contributed by atoms with van der Waals surface area (Å²) < 4.78 is 15.9. The van der Waals surface area contributed by atoms with E-state index >= 15 is 0 Å². The van der Waals surface area contributed by atoms with Crippen molar-refractivity contribution in [3.8, 4) is 17.2 Å². The minimum atomic E-state index is 0. The fourth-order valence-corrected chi connectivity index (χ4v) is 2.55. The van der Waals surface area contributed by atoms with Crippen molar-refractivity contribution in [2.75, 3.05) is 54.1 Å². The van der Waals surface area contributed by atoms with Gasteiger partial charge in [0.05, 0.1) is 27.9 Å². The molecule has 0 atom stereocenters. The number of methoxy groups -OCH3 is 3. The Morgan fingerprint density at radius 3 is 2.16 bits per heavy atom. The van der Waals surface area contributed by atoms with Gasteiger partial charge in [0.15, 0.2) is 11.5 Å². The number of nitrogens with zero attached hydrogens (tertiary/aromatic N) is 1. The average Bonchev–Trinajstić information content (AvgIpc) is 2.59. The number of hydrogen-bond acceptors (Lipinski definition) is 6. The Labute approximate surface area is 161 Å². The summed E-state index contributed by atoms with van der Waals surface area (Å²) in [6.07, 6.45) is 0. The van der Waals surface area contributed by atoms with E-state index in [-0.39, 0.29) is 30.7 Å². The molecule has 0 saturated carbocycles. The maximum absolute atomic E-state index is 12.1. The highest BCUT2D eigenvalue weighted by Gasteiger charge is 2.15. The molecule has 0 spiro atoms. The van der Waals surface area contributed by atoms with Crippen molar-refractivity contribution in [3.63, 3.8) is 0 Å². The maximum atomic E-state index is 12.1. The van der Waals surface area contributed by atoms with Crippen molar-refractivity contribution in [2.45, 2.75) is 6.54 Å². The summed E-state index contributed by atoms with van der Waals surface area (Å²) in [6, 6.07) is 3.58. The first-order chi connectivity index (χ1) is 11.2. The first-order valence-corrected chi connectivity index (χ1v) is 7.66. The van der Waals surface area contributed by atoms with Gasteiger partial charge in [-0.05, 0) is 6.07 Å². The lowest BCUT2D eigenvalue weighted by atomic mass is 10.1. The summed E-state index contributed by atoms with van der Waals surface area (Å²) in [4.78, 5) is 14.2. The molecule has 25 heavy (non-hydrogen) atoms. The highest BCUT2D eigenvalue weighted by molar-refractivity contribution is 5.85. The van der Waals surface area contributed by atoms with E-state index in [1.54, 1.807) is 27.4 Å². The van der Waals surface area contributed by atoms with Gasteiger partial charge in [0, 0.05) is 44.4 Å². The van der Waals surface area contributed by atoms with Gasteiger partial charge in [0.1, 0.15) is 5.75 Å². The van der Waals surface area contributed by atoms with E-state index in [4.69, 9.17) is 14.2 Å². The third kappa shape index (κ3) is 6.78. The lowest BCUT2D eigenvalue weighted by molar-refractivity contribution is -0.122. The van der Waals surface area contributed by atoms with Crippen LogP contribution in [-0.4, -0.2) is 64.9 Å². The number of halogens is 2. The molecule has 2 N–H and O–H groups in total. The van der Waals surface area contributed by atoms with Crippen molar-refractivity contribution in [2.24, 2.45) is 0 Å². The van der Waals surface area contributed by atoms with Gasteiger partial charge in [-0.15, -0.1) is 24.8 Å².